The van der Waals surface area contributed by atoms with Gasteiger partial charge in [0.1, 0.15) is 5.82 Å². The maximum atomic E-state index is 12.2. The van der Waals surface area contributed by atoms with Gasteiger partial charge in [0.05, 0.1) is 22.4 Å². The van der Waals surface area contributed by atoms with Crippen molar-refractivity contribution in [1.82, 2.24) is 19.9 Å². The van der Waals surface area contributed by atoms with E-state index in [4.69, 9.17) is 0 Å². The van der Waals surface area contributed by atoms with Gasteiger partial charge in [-0.3, -0.25) is 19.8 Å². The van der Waals surface area contributed by atoms with Crippen molar-refractivity contribution in [2.75, 3.05) is 31.1 Å². The van der Waals surface area contributed by atoms with Crippen molar-refractivity contribution in [2.45, 2.75) is 6.54 Å². The summed E-state index contributed by atoms with van der Waals surface area (Å²) in [5, 5.41) is 11.8. The molecule has 9 nitrogen and oxygen atoms in total. The second-order valence-corrected chi connectivity index (χ2v) is 6.40. The average Bonchev–Trinajstić information content (AvgIpc) is 2.69. The molecular formula is C18H18N6O3. The Bertz CT molecular complexity index is 1040. The Labute approximate surface area is 154 Å². The molecule has 1 aromatic carbocycles. The third kappa shape index (κ3) is 3.49. The van der Waals surface area contributed by atoms with Crippen molar-refractivity contribution in [1.29, 1.82) is 0 Å². The van der Waals surface area contributed by atoms with Crippen molar-refractivity contribution < 1.29 is 4.92 Å². The van der Waals surface area contributed by atoms with Crippen LogP contribution >= 0.6 is 0 Å². The summed E-state index contributed by atoms with van der Waals surface area (Å²) in [7, 11) is 0. The molecule has 1 N–H and O–H groups in total. The minimum absolute atomic E-state index is 0.0199. The van der Waals surface area contributed by atoms with Crippen molar-refractivity contribution in [2.24, 2.45) is 0 Å². The van der Waals surface area contributed by atoms with Gasteiger partial charge in [-0.2, -0.15) is 0 Å². The number of piperazine rings is 1. The largest absolute Gasteiger partial charge is 0.348 e. The third-order valence-electron chi connectivity index (χ3n) is 4.67. The number of hydrogen-bond acceptors (Lipinski definition) is 7. The van der Waals surface area contributed by atoms with Gasteiger partial charge in [0.25, 0.3) is 5.56 Å². The fraction of sp³-hybridized carbons (Fsp3) is 0.278. The Morgan fingerprint density at radius 2 is 1.89 bits per heavy atom. The first-order valence-corrected chi connectivity index (χ1v) is 8.66. The molecule has 0 amide bonds. The molecule has 4 rings (SSSR count). The Kier molecular flexibility index (Phi) is 4.51. The molecule has 9 heteroatoms. The van der Waals surface area contributed by atoms with E-state index in [1.807, 2.05) is 23.1 Å². The number of anilines is 1. The maximum absolute atomic E-state index is 12.2. The normalized spacial score (nSPS) is 15.2. The van der Waals surface area contributed by atoms with Gasteiger partial charge < -0.3 is 9.88 Å². The molecule has 1 fully saturated rings. The molecule has 0 saturated carbocycles. The van der Waals surface area contributed by atoms with E-state index >= 15 is 0 Å². The minimum Gasteiger partial charge on any atom is -0.348 e. The number of hydrogen-bond donors (Lipinski definition) is 1. The van der Waals surface area contributed by atoms with E-state index in [1.54, 1.807) is 18.3 Å². The lowest BCUT2D eigenvalue weighted by Gasteiger charge is -2.34. The number of aromatic amines is 1. The van der Waals surface area contributed by atoms with Crippen LogP contribution in [0, 0.1) is 10.1 Å². The maximum Gasteiger partial charge on any atom is 0.311 e. The van der Waals surface area contributed by atoms with Crippen molar-refractivity contribution in [3.63, 3.8) is 0 Å². The lowest BCUT2D eigenvalue weighted by molar-refractivity contribution is -0.384. The topological polar surface area (TPSA) is 108 Å². The van der Waals surface area contributed by atoms with Gasteiger partial charge in [0, 0.05) is 38.4 Å². The van der Waals surface area contributed by atoms with E-state index < -0.39 is 4.92 Å². The summed E-state index contributed by atoms with van der Waals surface area (Å²) in [5.74, 6) is 1.02. The van der Waals surface area contributed by atoms with Crippen molar-refractivity contribution in [3.8, 4) is 0 Å². The average molecular weight is 366 g/mol. The van der Waals surface area contributed by atoms with E-state index in [1.165, 1.54) is 6.07 Å². The predicted octanol–water partition coefficient (Wildman–Crippen LogP) is 1.55. The fourth-order valence-corrected chi connectivity index (χ4v) is 3.31. The Balaban J connectivity index is 1.46. The minimum atomic E-state index is -0.404. The van der Waals surface area contributed by atoms with Crippen LogP contribution in [0.4, 0.5) is 11.5 Å². The standard InChI is InChI=1S/C18H18N6O3/c25-18-13-4-1-2-5-14(13)20-16(21-18)12-22-8-10-23(11-9-22)17-15(24(26)27)6-3-7-19-17/h1-7H,8-12H2,(H,20,21,25). The predicted molar refractivity (Wildman–Crippen MR) is 101 cm³/mol. The van der Waals surface area contributed by atoms with Crippen LogP contribution in [-0.2, 0) is 6.54 Å². The summed E-state index contributed by atoms with van der Waals surface area (Å²) in [5.41, 5.74) is 0.559. The number of H-pyrrole nitrogens is 1. The van der Waals surface area contributed by atoms with Crippen LogP contribution in [-0.4, -0.2) is 51.0 Å². The monoisotopic (exact) mass is 366 g/mol. The molecule has 1 aliphatic rings. The highest BCUT2D eigenvalue weighted by molar-refractivity contribution is 5.77. The molecule has 0 radical (unpaired) electrons. The Morgan fingerprint density at radius 3 is 2.67 bits per heavy atom. The lowest BCUT2D eigenvalue weighted by atomic mass is 10.2. The lowest BCUT2D eigenvalue weighted by Crippen LogP contribution is -2.46. The van der Waals surface area contributed by atoms with Crippen LogP contribution < -0.4 is 10.5 Å². The smallest absolute Gasteiger partial charge is 0.311 e. The molecule has 138 valence electrons. The zero-order valence-electron chi connectivity index (χ0n) is 14.5. The highest BCUT2D eigenvalue weighted by Gasteiger charge is 2.25. The van der Waals surface area contributed by atoms with Gasteiger partial charge in [-0.25, -0.2) is 9.97 Å². The molecule has 3 aromatic rings. The molecule has 0 unspecified atom stereocenters. The van der Waals surface area contributed by atoms with E-state index in [0.29, 0.717) is 55.3 Å². The molecule has 3 heterocycles. The van der Waals surface area contributed by atoms with Crippen LogP contribution in [0.5, 0.6) is 0 Å². The van der Waals surface area contributed by atoms with Gasteiger partial charge in [-0.1, -0.05) is 12.1 Å². The molecule has 0 aliphatic carbocycles. The molecular weight excluding hydrogens is 348 g/mol. The van der Waals surface area contributed by atoms with Gasteiger partial charge >= 0.3 is 5.69 Å². The highest BCUT2D eigenvalue weighted by Crippen LogP contribution is 2.25. The number of benzene rings is 1. The molecule has 0 spiro atoms. The second kappa shape index (κ2) is 7.12. The van der Waals surface area contributed by atoms with E-state index in [2.05, 4.69) is 19.9 Å². The van der Waals surface area contributed by atoms with Gasteiger partial charge in [0.15, 0.2) is 0 Å². The van der Waals surface area contributed by atoms with Crippen LogP contribution in [0.3, 0.4) is 0 Å². The van der Waals surface area contributed by atoms with Gasteiger partial charge in [-0.15, -0.1) is 0 Å². The molecule has 0 atom stereocenters. The number of nitro groups is 1. The summed E-state index contributed by atoms with van der Waals surface area (Å²) in [6.07, 6.45) is 1.57. The van der Waals surface area contributed by atoms with E-state index in [-0.39, 0.29) is 11.2 Å². The summed E-state index contributed by atoms with van der Waals surface area (Å²) in [6, 6.07) is 10.3. The number of nitrogens with one attached hydrogen (secondary N) is 1. The third-order valence-corrected chi connectivity index (χ3v) is 4.67. The first-order chi connectivity index (χ1) is 13.1. The number of rotatable bonds is 4. The summed E-state index contributed by atoms with van der Waals surface area (Å²) < 4.78 is 0. The van der Waals surface area contributed by atoms with Crippen LogP contribution in [0.2, 0.25) is 0 Å². The quantitative estimate of drug-likeness (QED) is 0.551. The second-order valence-electron chi connectivity index (χ2n) is 6.40. The highest BCUT2D eigenvalue weighted by atomic mass is 16.6. The SMILES string of the molecule is O=c1[nH]c(CN2CCN(c3ncccc3[N+](=O)[O-])CC2)nc2ccccc12. The van der Waals surface area contributed by atoms with E-state index in [9.17, 15) is 14.9 Å². The molecule has 1 saturated heterocycles. The van der Waals surface area contributed by atoms with Crippen molar-refractivity contribution >= 4 is 22.4 Å². The van der Waals surface area contributed by atoms with Crippen LogP contribution in [0.25, 0.3) is 10.9 Å². The molecule has 27 heavy (non-hydrogen) atoms. The van der Waals surface area contributed by atoms with Crippen LogP contribution in [0.1, 0.15) is 5.82 Å². The van der Waals surface area contributed by atoms with Gasteiger partial charge in [-0.05, 0) is 18.2 Å². The first kappa shape index (κ1) is 17.1. The summed E-state index contributed by atoms with van der Waals surface area (Å²) >= 11 is 0. The number of nitrogens with zero attached hydrogens (tertiary/aromatic N) is 5. The van der Waals surface area contributed by atoms with Crippen LogP contribution in [0.15, 0.2) is 47.4 Å². The summed E-state index contributed by atoms with van der Waals surface area (Å²) in [4.78, 5) is 38.6. The van der Waals surface area contributed by atoms with Gasteiger partial charge in [0.2, 0.25) is 5.82 Å². The molecule has 2 aromatic heterocycles. The molecule has 0 bridgehead atoms. The molecule has 1 aliphatic heterocycles. The fourth-order valence-electron chi connectivity index (χ4n) is 3.31. The first-order valence-electron chi connectivity index (χ1n) is 8.66. The Morgan fingerprint density at radius 1 is 1.11 bits per heavy atom. The number of para-hydroxylation sites is 1. The zero-order chi connectivity index (χ0) is 18.8. The number of pyridine rings is 1. The van der Waals surface area contributed by atoms with Crippen molar-refractivity contribution in [3.05, 3.63) is 68.9 Å². The number of fused-ring (bicyclic) bond motifs is 1. The zero-order valence-corrected chi connectivity index (χ0v) is 14.5. The van der Waals surface area contributed by atoms with E-state index in [0.717, 1.165) is 0 Å². The Hall–Kier alpha value is -3.33. The summed E-state index contributed by atoms with van der Waals surface area (Å²) in [6.45, 7) is 3.16. The number of aromatic nitrogens is 3.